The minimum Gasteiger partial charge on any atom is -0.861 e. The molecule has 260 valence electrons. The first kappa shape index (κ1) is 32.0. The Bertz CT molecular complexity index is 1970. The lowest BCUT2D eigenvalue weighted by molar-refractivity contribution is -0.220. The second-order valence-electron chi connectivity index (χ2n) is 13.5. The molecule has 8 rings (SSSR count). The molecule has 0 unspecified atom stereocenters. The Morgan fingerprint density at radius 2 is 1.88 bits per heavy atom. The van der Waals surface area contributed by atoms with E-state index in [-0.39, 0.29) is 35.5 Å². The van der Waals surface area contributed by atoms with Crippen LogP contribution in [0.25, 0.3) is 11.1 Å². The minimum atomic E-state index is -0.638. The van der Waals surface area contributed by atoms with Crippen LogP contribution in [0.4, 0.5) is 22.9 Å². The van der Waals surface area contributed by atoms with Gasteiger partial charge in [-0.25, -0.2) is 4.98 Å². The molecular weight excluding hydrogens is 636 g/mol. The summed E-state index contributed by atoms with van der Waals surface area (Å²) in [5.74, 6) is -0.587. The fourth-order valence-electron chi connectivity index (χ4n) is 7.40. The van der Waals surface area contributed by atoms with Crippen molar-refractivity contribution in [3.8, 4) is 11.1 Å². The van der Waals surface area contributed by atoms with Crippen LogP contribution in [0.1, 0.15) is 70.6 Å². The molecule has 1 aliphatic carbocycles. The summed E-state index contributed by atoms with van der Waals surface area (Å²) in [7, 11) is 2.09. The van der Waals surface area contributed by atoms with Crippen molar-refractivity contribution in [1.82, 2.24) is 29.5 Å². The predicted molar refractivity (Wildman–Crippen MR) is 187 cm³/mol. The number of aromatic amines is 1. The zero-order valence-corrected chi connectivity index (χ0v) is 28.3. The summed E-state index contributed by atoms with van der Waals surface area (Å²) in [5, 5.41) is 20.7. The number of carbonyl (C=O) groups excluding carboxylic acids is 2. The number of fused-ring (bicyclic) bond motifs is 3. The van der Waals surface area contributed by atoms with Crippen molar-refractivity contribution in [3.63, 3.8) is 0 Å². The number of ether oxygens (including phenoxy) is 1. The lowest BCUT2D eigenvalue weighted by atomic mass is 9.91. The molecule has 14 heteroatoms. The average molecular weight is 678 g/mol. The van der Waals surface area contributed by atoms with Crippen LogP contribution in [0.5, 0.6) is 0 Å². The highest BCUT2D eigenvalue weighted by Crippen LogP contribution is 2.50. The summed E-state index contributed by atoms with van der Waals surface area (Å²) in [6.07, 6.45) is 4.52. The minimum absolute atomic E-state index is 0.0302. The van der Waals surface area contributed by atoms with Gasteiger partial charge >= 0.3 is 0 Å². The highest BCUT2D eigenvalue weighted by Gasteiger charge is 2.38. The molecule has 3 aromatic heterocycles. The summed E-state index contributed by atoms with van der Waals surface area (Å²) in [6.45, 7) is 6.79. The molecule has 2 saturated heterocycles. The van der Waals surface area contributed by atoms with Crippen LogP contribution < -0.4 is 21.1 Å². The zero-order valence-electron chi connectivity index (χ0n) is 28.3. The smallest absolute Gasteiger partial charge is 0.272 e. The second kappa shape index (κ2) is 12.9. The fourth-order valence-corrected chi connectivity index (χ4v) is 7.40. The number of nitrogens with one attached hydrogen (secondary N) is 2. The lowest BCUT2D eigenvalue weighted by Crippen LogP contribution is -2.48. The maximum Gasteiger partial charge on any atom is 0.272 e. The van der Waals surface area contributed by atoms with E-state index in [4.69, 9.17) is 20.6 Å². The van der Waals surface area contributed by atoms with E-state index in [9.17, 15) is 14.7 Å². The predicted octanol–water partition coefficient (Wildman–Crippen LogP) is 3.35. The first-order valence-electron chi connectivity index (χ1n) is 17.3. The summed E-state index contributed by atoms with van der Waals surface area (Å²) in [4.78, 5) is 43.6. The van der Waals surface area contributed by atoms with E-state index >= 15 is 0 Å². The maximum absolute atomic E-state index is 13.0. The van der Waals surface area contributed by atoms with Crippen LogP contribution in [0.2, 0.25) is 0 Å². The molecule has 4 aliphatic rings. The van der Waals surface area contributed by atoms with Crippen LogP contribution in [0, 0.1) is 5.92 Å². The number of amides is 2. The van der Waals surface area contributed by atoms with Gasteiger partial charge in [-0.15, -0.1) is 0 Å². The number of anilines is 3. The van der Waals surface area contributed by atoms with Gasteiger partial charge in [-0.3, -0.25) is 24.2 Å². The van der Waals surface area contributed by atoms with Crippen molar-refractivity contribution in [2.75, 3.05) is 56.7 Å². The number of morpholine rings is 1. The summed E-state index contributed by atoms with van der Waals surface area (Å²) >= 11 is 0. The van der Waals surface area contributed by atoms with Crippen LogP contribution in [-0.2, 0) is 11.3 Å². The Kier molecular flexibility index (Phi) is 8.27. The quantitative estimate of drug-likeness (QED) is 0.168. The fraction of sp³-hybridized carbons (Fsp3) is 0.417. The molecule has 14 nitrogen and oxygen atoms in total. The van der Waals surface area contributed by atoms with Crippen molar-refractivity contribution in [3.05, 3.63) is 71.4 Å². The SMILES string of the molecule is CC[C@H]1c2c(cnn2C2CN(Cc3cccc(C(=O)N4CCOCC4)n3)C2)-c2cccc(Nc3cc(/N=C(\[O-])C4CC4)[nH]c3C(N)=O)c2N1C. The molecule has 1 aromatic carbocycles. The van der Waals surface area contributed by atoms with E-state index in [1.54, 1.807) is 17.0 Å². The molecule has 0 radical (unpaired) electrons. The van der Waals surface area contributed by atoms with Crippen LogP contribution in [-0.4, -0.2) is 93.7 Å². The number of para-hydroxylation sites is 1. The summed E-state index contributed by atoms with van der Waals surface area (Å²) < 4.78 is 7.58. The summed E-state index contributed by atoms with van der Waals surface area (Å²) in [6, 6.07) is 13.7. The van der Waals surface area contributed by atoms with Crippen molar-refractivity contribution < 1.29 is 19.4 Å². The van der Waals surface area contributed by atoms with Crippen molar-refractivity contribution >= 4 is 40.6 Å². The molecular formula is C36H41N10O4-. The van der Waals surface area contributed by atoms with Crippen molar-refractivity contribution in [2.45, 2.75) is 44.8 Å². The molecule has 1 atom stereocenters. The Morgan fingerprint density at radius 3 is 2.62 bits per heavy atom. The molecule has 0 spiro atoms. The normalized spacial score (nSPS) is 19.6. The Balaban J connectivity index is 1.01. The monoisotopic (exact) mass is 677 g/mol. The standard InChI is InChI=1S/C36H42N10O4/c1-3-29-33-25(17-38-46(33)23-19-44(20-23)18-22-6-4-9-27(39-22)36(49)45-12-14-50-15-13-45)24-7-5-8-26(32(24)43(29)2)40-28-16-30(41-31(28)34(37)47)42-35(48)21-10-11-21/h4-9,16-17,21,23,29,40-41H,3,10-15,18-20H2,1-2H3,(H2,37,47)(H,42,48)/p-1/t29-/m0/s1. The molecule has 4 N–H and O–H groups in total. The third-order valence-electron chi connectivity index (χ3n) is 10.2. The topological polar surface area (TPSA) is 173 Å². The number of nitrogens with two attached hydrogens (primary N) is 1. The number of aliphatic imine (C=N–C) groups is 1. The van der Waals surface area contributed by atoms with Gasteiger partial charge in [0.2, 0.25) is 0 Å². The first-order chi connectivity index (χ1) is 24.3. The number of rotatable bonds is 10. The average Bonchev–Trinajstić information content (AvgIpc) is 3.76. The molecule has 4 aromatic rings. The van der Waals surface area contributed by atoms with Gasteiger partial charge < -0.3 is 35.7 Å². The molecule has 50 heavy (non-hydrogen) atoms. The summed E-state index contributed by atoms with van der Waals surface area (Å²) in [5.41, 5.74) is 12.8. The van der Waals surface area contributed by atoms with E-state index in [0.717, 1.165) is 60.5 Å². The number of benzene rings is 1. The lowest BCUT2D eigenvalue weighted by Gasteiger charge is -2.43. The van der Waals surface area contributed by atoms with Crippen molar-refractivity contribution in [2.24, 2.45) is 16.6 Å². The Hall–Kier alpha value is -5.21. The number of H-pyrrole nitrogens is 1. The number of carbonyl (C=O) groups is 2. The van der Waals surface area contributed by atoms with Crippen LogP contribution in [0.3, 0.4) is 0 Å². The van der Waals surface area contributed by atoms with Crippen LogP contribution in [0.15, 0.2) is 53.7 Å². The highest BCUT2D eigenvalue weighted by atomic mass is 16.5. The van der Waals surface area contributed by atoms with Gasteiger partial charge in [-0.05, 0) is 49.3 Å². The van der Waals surface area contributed by atoms with E-state index < -0.39 is 5.91 Å². The molecule has 0 bridgehead atoms. The van der Waals surface area contributed by atoms with E-state index in [2.05, 4.69) is 49.8 Å². The zero-order chi connectivity index (χ0) is 34.5. The number of aromatic nitrogens is 4. The van der Waals surface area contributed by atoms with Gasteiger partial charge in [0.15, 0.2) is 0 Å². The number of likely N-dealkylation sites (tertiary alicyclic amines) is 1. The molecule has 2 amide bonds. The first-order valence-corrected chi connectivity index (χ1v) is 17.3. The largest absolute Gasteiger partial charge is 0.861 e. The van der Waals surface area contributed by atoms with Crippen molar-refractivity contribution in [1.29, 1.82) is 0 Å². The van der Waals surface area contributed by atoms with Gasteiger partial charge in [0.05, 0.1) is 59.9 Å². The van der Waals surface area contributed by atoms with E-state index in [1.165, 1.54) is 5.69 Å². The molecule has 1 saturated carbocycles. The van der Waals surface area contributed by atoms with Gasteiger partial charge in [-0.1, -0.05) is 25.1 Å². The Morgan fingerprint density at radius 1 is 1.10 bits per heavy atom. The van der Waals surface area contributed by atoms with Gasteiger partial charge in [0.25, 0.3) is 11.8 Å². The third kappa shape index (κ3) is 5.87. The number of primary amides is 1. The highest BCUT2D eigenvalue weighted by molar-refractivity contribution is 6.01. The maximum atomic E-state index is 13.0. The third-order valence-corrected chi connectivity index (χ3v) is 10.2. The van der Waals surface area contributed by atoms with E-state index in [0.29, 0.717) is 50.0 Å². The van der Waals surface area contributed by atoms with Crippen LogP contribution >= 0.6 is 0 Å². The van der Waals surface area contributed by atoms with Gasteiger partial charge in [0.1, 0.15) is 17.2 Å². The van der Waals surface area contributed by atoms with Gasteiger partial charge in [0, 0.05) is 57.0 Å². The molecule has 6 heterocycles. The number of hydrogen-bond donors (Lipinski definition) is 3. The Labute approximate surface area is 289 Å². The second-order valence-corrected chi connectivity index (χ2v) is 13.5. The van der Waals surface area contributed by atoms with E-state index in [1.807, 2.05) is 30.5 Å². The number of nitrogens with zero attached hydrogens (tertiary/aromatic N) is 7. The number of pyridine rings is 1. The van der Waals surface area contributed by atoms with Gasteiger partial charge in [-0.2, -0.15) is 5.10 Å². The number of hydrogen-bond acceptors (Lipinski definition) is 10. The molecule has 3 fully saturated rings. The molecule has 3 aliphatic heterocycles.